The van der Waals surface area contributed by atoms with Crippen molar-refractivity contribution in [2.75, 3.05) is 0 Å². The second-order valence-electron chi connectivity index (χ2n) is 6.58. The van der Waals surface area contributed by atoms with Gasteiger partial charge >= 0.3 is 0 Å². The van der Waals surface area contributed by atoms with Crippen LogP contribution in [0.4, 0.5) is 8.78 Å². The predicted molar refractivity (Wildman–Crippen MR) is 98.6 cm³/mol. The maximum atomic E-state index is 14.8. The average Bonchev–Trinajstić information content (AvgIpc) is 2.60. The van der Waals surface area contributed by atoms with Crippen molar-refractivity contribution in [2.45, 2.75) is 52.4 Å². The highest BCUT2D eigenvalue weighted by Crippen LogP contribution is 2.30. The zero-order valence-corrected chi connectivity index (χ0v) is 14.5. The van der Waals surface area contributed by atoms with E-state index in [9.17, 15) is 8.78 Å². The molecule has 0 saturated heterocycles. The van der Waals surface area contributed by atoms with Gasteiger partial charge in [-0.3, -0.25) is 0 Å². The Hall–Kier alpha value is -1.96. The van der Waals surface area contributed by atoms with Crippen molar-refractivity contribution < 1.29 is 8.78 Å². The number of hydrogen-bond donors (Lipinski definition) is 0. The van der Waals surface area contributed by atoms with Crippen molar-refractivity contribution in [1.82, 2.24) is 0 Å². The van der Waals surface area contributed by atoms with Gasteiger partial charge < -0.3 is 0 Å². The lowest BCUT2D eigenvalue weighted by Gasteiger charge is -2.10. The summed E-state index contributed by atoms with van der Waals surface area (Å²) in [7, 11) is 0. The van der Waals surface area contributed by atoms with Gasteiger partial charge in [-0.25, -0.2) is 8.78 Å². The second kappa shape index (κ2) is 7.29. The van der Waals surface area contributed by atoms with Crippen molar-refractivity contribution in [3.8, 4) is 0 Å². The van der Waals surface area contributed by atoms with Crippen molar-refractivity contribution >= 4 is 21.5 Å². The first-order valence-corrected chi connectivity index (χ1v) is 8.98. The van der Waals surface area contributed by atoms with Gasteiger partial charge in [-0.2, -0.15) is 0 Å². The minimum Gasteiger partial charge on any atom is -0.206 e. The molecule has 0 bridgehead atoms. The Morgan fingerprint density at radius 3 is 1.54 bits per heavy atom. The van der Waals surface area contributed by atoms with Crippen LogP contribution >= 0.6 is 0 Å². The highest BCUT2D eigenvalue weighted by atomic mass is 19.1. The molecule has 3 rings (SSSR count). The van der Waals surface area contributed by atoms with Gasteiger partial charge in [-0.1, -0.05) is 51.0 Å². The third-order valence-electron chi connectivity index (χ3n) is 4.79. The summed E-state index contributed by atoms with van der Waals surface area (Å²) in [6.45, 7) is 4.19. The third kappa shape index (κ3) is 3.15. The molecule has 0 nitrogen and oxygen atoms in total. The van der Waals surface area contributed by atoms with Gasteiger partial charge in [0.15, 0.2) is 0 Å². The van der Waals surface area contributed by atoms with E-state index in [4.69, 9.17) is 0 Å². The maximum Gasteiger partial charge on any atom is 0.134 e. The summed E-state index contributed by atoms with van der Waals surface area (Å²) in [5.74, 6) is -0.387. The van der Waals surface area contributed by atoms with Crippen molar-refractivity contribution in [3.05, 3.63) is 59.2 Å². The molecule has 0 fully saturated rings. The zero-order chi connectivity index (χ0) is 17.1. The van der Waals surface area contributed by atoms with Crippen LogP contribution in [0.1, 0.15) is 50.7 Å². The number of benzene rings is 3. The van der Waals surface area contributed by atoms with E-state index in [2.05, 4.69) is 13.8 Å². The third-order valence-corrected chi connectivity index (χ3v) is 4.79. The van der Waals surface area contributed by atoms with Crippen molar-refractivity contribution in [3.63, 3.8) is 0 Å². The summed E-state index contributed by atoms with van der Waals surface area (Å²) >= 11 is 0. The van der Waals surface area contributed by atoms with E-state index in [0.29, 0.717) is 10.8 Å². The molecule has 24 heavy (non-hydrogen) atoms. The number of halogens is 2. The van der Waals surface area contributed by atoms with E-state index < -0.39 is 0 Å². The lowest BCUT2D eigenvalue weighted by atomic mass is 9.96. The molecule has 0 aliphatic rings. The highest BCUT2D eigenvalue weighted by molar-refractivity contribution is 5.99. The topological polar surface area (TPSA) is 0 Å². The fraction of sp³-hybridized carbons (Fsp3) is 0.364. The van der Waals surface area contributed by atoms with Crippen LogP contribution in [0.15, 0.2) is 36.4 Å². The van der Waals surface area contributed by atoms with E-state index >= 15 is 0 Å². The number of rotatable bonds is 6. The zero-order valence-electron chi connectivity index (χ0n) is 14.5. The molecule has 3 aromatic rings. The smallest absolute Gasteiger partial charge is 0.134 e. The molecule has 0 unspecified atom stereocenters. The fourth-order valence-electron chi connectivity index (χ4n) is 3.28. The number of fused-ring (bicyclic) bond motifs is 2. The van der Waals surface area contributed by atoms with E-state index in [0.717, 1.165) is 60.4 Å². The number of aryl methyl sites for hydroxylation is 2. The van der Waals surface area contributed by atoms with Crippen LogP contribution in [0.25, 0.3) is 21.5 Å². The van der Waals surface area contributed by atoms with Crippen LogP contribution in [0, 0.1) is 11.6 Å². The molecule has 126 valence electrons. The highest BCUT2D eigenvalue weighted by Gasteiger charge is 2.12. The molecule has 0 aliphatic heterocycles. The number of hydrogen-bond acceptors (Lipinski definition) is 0. The second-order valence-corrected chi connectivity index (χ2v) is 6.58. The molecule has 0 spiro atoms. The first-order valence-electron chi connectivity index (χ1n) is 8.98. The van der Waals surface area contributed by atoms with E-state index in [1.165, 1.54) is 0 Å². The normalized spacial score (nSPS) is 11.5. The predicted octanol–water partition coefficient (Wildman–Crippen LogP) is 6.96. The first kappa shape index (κ1) is 16.9. The summed E-state index contributed by atoms with van der Waals surface area (Å²) < 4.78 is 29.7. The summed E-state index contributed by atoms with van der Waals surface area (Å²) in [5.41, 5.74) is 1.46. The maximum absolute atomic E-state index is 14.8. The Morgan fingerprint density at radius 2 is 1.12 bits per heavy atom. The number of unbranched alkanes of at least 4 members (excludes halogenated alkanes) is 2. The lowest BCUT2D eigenvalue weighted by molar-refractivity contribution is 0.612. The first-order chi connectivity index (χ1) is 11.7. The monoisotopic (exact) mass is 326 g/mol. The molecular formula is C22H24F2. The molecule has 2 heteroatoms. The molecule has 0 radical (unpaired) electrons. The summed E-state index contributed by atoms with van der Waals surface area (Å²) in [5, 5.41) is 2.73. The molecule has 3 aromatic carbocycles. The Bertz CT molecular complexity index is 796. The molecule has 0 heterocycles. The summed E-state index contributed by atoms with van der Waals surface area (Å²) in [4.78, 5) is 0. The fourth-order valence-corrected chi connectivity index (χ4v) is 3.28. The summed E-state index contributed by atoms with van der Waals surface area (Å²) in [6.07, 6.45) is 5.46. The quantitative estimate of drug-likeness (QED) is 0.430. The van der Waals surface area contributed by atoms with Gasteiger partial charge in [-0.05, 0) is 59.7 Å². The molecule has 0 amide bonds. The molecule has 0 aromatic heterocycles. The van der Waals surface area contributed by atoms with Crippen LogP contribution in [-0.2, 0) is 12.8 Å². The van der Waals surface area contributed by atoms with Crippen LogP contribution in [0.3, 0.4) is 0 Å². The van der Waals surface area contributed by atoms with Crippen molar-refractivity contribution in [1.29, 1.82) is 0 Å². The van der Waals surface area contributed by atoms with Gasteiger partial charge in [0.2, 0.25) is 0 Å². The Morgan fingerprint density at radius 1 is 0.667 bits per heavy atom. The standard InChI is InChI=1S/C22H24F2/c1-3-5-7-15-9-11-17-13-18-12-10-16(8-6-4-2)22(24)20(18)14-19(17)21(15)23/h9-14H,3-8H2,1-2H3. The van der Waals surface area contributed by atoms with Gasteiger partial charge in [-0.15, -0.1) is 0 Å². The van der Waals surface area contributed by atoms with Crippen molar-refractivity contribution in [2.24, 2.45) is 0 Å². The van der Waals surface area contributed by atoms with Gasteiger partial charge in [0.05, 0.1) is 0 Å². The Balaban J connectivity index is 2.14. The molecular weight excluding hydrogens is 302 g/mol. The average molecular weight is 326 g/mol. The SMILES string of the molecule is CCCCc1ccc2cc3ccc(CCCC)c(F)c3cc2c1F. The van der Waals surface area contributed by atoms with Crippen LogP contribution < -0.4 is 0 Å². The van der Waals surface area contributed by atoms with E-state index in [1.54, 1.807) is 6.07 Å². The molecule has 0 N–H and O–H groups in total. The van der Waals surface area contributed by atoms with Gasteiger partial charge in [0.1, 0.15) is 11.6 Å². The molecule has 0 saturated carbocycles. The molecule has 0 atom stereocenters. The van der Waals surface area contributed by atoms with Gasteiger partial charge in [0, 0.05) is 10.8 Å². The van der Waals surface area contributed by atoms with Gasteiger partial charge in [0.25, 0.3) is 0 Å². The Kier molecular flexibility index (Phi) is 5.13. The largest absolute Gasteiger partial charge is 0.206 e. The van der Waals surface area contributed by atoms with E-state index in [-0.39, 0.29) is 11.6 Å². The van der Waals surface area contributed by atoms with E-state index in [1.807, 2.05) is 30.3 Å². The Labute approximate surface area is 142 Å². The minimum absolute atomic E-state index is 0.193. The lowest BCUT2D eigenvalue weighted by Crippen LogP contribution is -1.95. The molecule has 0 aliphatic carbocycles. The van der Waals surface area contributed by atoms with Crippen LogP contribution in [-0.4, -0.2) is 0 Å². The van der Waals surface area contributed by atoms with Crippen LogP contribution in [0.5, 0.6) is 0 Å². The minimum atomic E-state index is -0.193. The van der Waals surface area contributed by atoms with Crippen LogP contribution in [0.2, 0.25) is 0 Å². The summed E-state index contributed by atoms with van der Waals surface area (Å²) in [6, 6.07) is 11.2.